The van der Waals surface area contributed by atoms with E-state index in [1.807, 2.05) is 24.7 Å². The summed E-state index contributed by atoms with van der Waals surface area (Å²) < 4.78 is 7.44. The Hall–Kier alpha value is -3.74. The van der Waals surface area contributed by atoms with Crippen LogP contribution in [0.15, 0.2) is 55.2 Å². The Balaban J connectivity index is 1.66. The molecule has 0 fully saturated rings. The smallest absolute Gasteiger partial charge is 0.213 e. The fourth-order valence-corrected chi connectivity index (χ4v) is 3.64. The van der Waals surface area contributed by atoms with Crippen molar-refractivity contribution in [2.45, 2.75) is 26.3 Å². The monoisotopic (exact) mass is 398 g/mol. The zero-order valence-corrected chi connectivity index (χ0v) is 17.3. The molecular formula is C23H22N6O. The van der Waals surface area contributed by atoms with Crippen LogP contribution in [-0.2, 0) is 5.54 Å². The Morgan fingerprint density at radius 2 is 1.87 bits per heavy atom. The van der Waals surface area contributed by atoms with E-state index in [4.69, 9.17) is 9.72 Å². The number of rotatable bonds is 3. The molecule has 5 rings (SSSR count). The van der Waals surface area contributed by atoms with Crippen molar-refractivity contribution in [2.75, 3.05) is 7.11 Å². The number of pyridine rings is 1. The number of hydrogen-bond donors (Lipinski definition) is 1. The summed E-state index contributed by atoms with van der Waals surface area (Å²) in [5.41, 5.74) is 7.34. The maximum Gasteiger partial charge on any atom is 0.213 e. The summed E-state index contributed by atoms with van der Waals surface area (Å²) in [6.45, 7) is 6.52. The Morgan fingerprint density at radius 3 is 2.67 bits per heavy atom. The maximum atomic E-state index is 5.24. The number of imidazole rings is 1. The van der Waals surface area contributed by atoms with Crippen LogP contribution < -0.4 is 4.74 Å². The minimum absolute atomic E-state index is 0.0546. The van der Waals surface area contributed by atoms with E-state index >= 15 is 0 Å². The predicted octanol–water partition coefficient (Wildman–Crippen LogP) is 4.80. The van der Waals surface area contributed by atoms with Crippen LogP contribution in [0.1, 0.15) is 20.8 Å². The van der Waals surface area contributed by atoms with Gasteiger partial charge in [0.05, 0.1) is 36.4 Å². The van der Waals surface area contributed by atoms with Crippen molar-refractivity contribution in [1.29, 1.82) is 0 Å². The Morgan fingerprint density at radius 1 is 1.00 bits per heavy atom. The summed E-state index contributed by atoms with van der Waals surface area (Å²) in [7, 11) is 1.60. The highest BCUT2D eigenvalue weighted by Gasteiger charge is 2.18. The van der Waals surface area contributed by atoms with Crippen LogP contribution >= 0.6 is 0 Å². The standard InChI is InChI=1S/C23H22N6O/c1-23(2,3)29-13-27-17-6-5-14(9-19(17)29)16-11-25-22-21(16)28-18(12-26-22)15-7-8-24-20(10-15)30-4/h5-13H,1-4H3,(H,25,26). The molecule has 0 saturated carbocycles. The molecule has 0 aliphatic carbocycles. The number of aromatic nitrogens is 6. The second kappa shape index (κ2) is 6.66. The zero-order valence-electron chi connectivity index (χ0n) is 17.3. The van der Waals surface area contributed by atoms with Crippen molar-refractivity contribution < 1.29 is 4.74 Å². The van der Waals surface area contributed by atoms with Gasteiger partial charge in [-0.3, -0.25) is 0 Å². The van der Waals surface area contributed by atoms with Crippen molar-refractivity contribution in [2.24, 2.45) is 0 Å². The summed E-state index contributed by atoms with van der Waals surface area (Å²) in [6, 6.07) is 10.1. The van der Waals surface area contributed by atoms with Gasteiger partial charge in [0.2, 0.25) is 5.88 Å². The van der Waals surface area contributed by atoms with Crippen molar-refractivity contribution >= 4 is 22.2 Å². The highest BCUT2D eigenvalue weighted by atomic mass is 16.5. The number of nitrogens with zero attached hydrogens (tertiary/aromatic N) is 5. The molecule has 0 spiro atoms. The van der Waals surface area contributed by atoms with E-state index in [0.29, 0.717) is 5.88 Å². The second-order valence-corrected chi connectivity index (χ2v) is 8.23. The first-order valence-electron chi connectivity index (χ1n) is 9.76. The van der Waals surface area contributed by atoms with Gasteiger partial charge in [0, 0.05) is 35.1 Å². The van der Waals surface area contributed by atoms with Crippen LogP contribution in [-0.4, -0.2) is 36.6 Å². The molecule has 0 aliphatic heterocycles. The summed E-state index contributed by atoms with van der Waals surface area (Å²) in [4.78, 5) is 21.4. The van der Waals surface area contributed by atoms with Crippen molar-refractivity contribution in [3.8, 4) is 28.3 Å². The lowest BCUT2D eigenvalue weighted by atomic mass is 10.1. The molecule has 7 nitrogen and oxygen atoms in total. The molecule has 0 amide bonds. The van der Waals surface area contributed by atoms with E-state index in [2.05, 4.69) is 63.5 Å². The third kappa shape index (κ3) is 2.99. The number of fused-ring (bicyclic) bond motifs is 2. The van der Waals surface area contributed by atoms with Crippen LogP contribution in [0.2, 0.25) is 0 Å². The molecule has 5 aromatic rings. The summed E-state index contributed by atoms with van der Waals surface area (Å²) in [5.74, 6) is 0.546. The van der Waals surface area contributed by atoms with E-state index in [1.54, 1.807) is 19.5 Å². The second-order valence-electron chi connectivity index (χ2n) is 8.23. The lowest BCUT2D eigenvalue weighted by molar-refractivity contribution is 0.398. The number of nitrogens with one attached hydrogen (secondary N) is 1. The molecule has 1 aromatic carbocycles. The number of aromatic amines is 1. The topological polar surface area (TPSA) is 81.5 Å². The van der Waals surface area contributed by atoms with Crippen LogP contribution in [0.25, 0.3) is 44.6 Å². The Bertz CT molecular complexity index is 1380. The van der Waals surface area contributed by atoms with E-state index in [9.17, 15) is 0 Å². The van der Waals surface area contributed by atoms with Crippen LogP contribution in [0.3, 0.4) is 0 Å². The first kappa shape index (κ1) is 18.3. The highest BCUT2D eigenvalue weighted by Crippen LogP contribution is 2.32. The highest BCUT2D eigenvalue weighted by molar-refractivity contribution is 5.94. The SMILES string of the molecule is COc1cc(-c2cnc3[nH]cc(-c4ccc5ncn(C(C)(C)C)c5c4)c3n2)ccn1. The summed E-state index contributed by atoms with van der Waals surface area (Å²) >= 11 is 0. The number of benzene rings is 1. The lowest BCUT2D eigenvalue weighted by Crippen LogP contribution is -2.20. The van der Waals surface area contributed by atoms with Gasteiger partial charge in [-0.15, -0.1) is 0 Å². The summed E-state index contributed by atoms with van der Waals surface area (Å²) in [5, 5.41) is 0. The number of ether oxygens (including phenoxy) is 1. The van der Waals surface area contributed by atoms with E-state index < -0.39 is 0 Å². The predicted molar refractivity (Wildman–Crippen MR) is 117 cm³/mol. The molecule has 0 bridgehead atoms. The number of hydrogen-bond acceptors (Lipinski definition) is 5. The molecule has 150 valence electrons. The first-order chi connectivity index (χ1) is 14.4. The third-order valence-electron chi connectivity index (χ3n) is 5.20. The molecule has 0 saturated heterocycles. The largest absolute Gasteiger partial charge is 0.481 e. The quantitative estimate of drug-likeness (QED) is 0.472. The van der Waals surface area contributed by atoms with E-state index in [-0.39, 0.29) is 5.54 Å². The molecular weight excluding hydrogens is 376 g/mol. The molecule has 4 heterocycles. The fourth-order valence-electron chi connectivity index (χ4n) is 3.64. The molecule has 1 N–H and O–H groups in total. The zero-order chi connectivity index (χ0) is 20.9. The molecule has 0 atom stereocenters. The molecule has 4 aromatic heterocycles. The fraction of sp³-hybridized carbons (Fsp3) is 0.217. The van der Waals surface area contributed by atoms with Crippen LogP contribution in [0.4, 0.5) is 0 Å². The molecule has 0 aliphatic rings. The van der Waals surface area contributed by atoms with Crippen LogP contribution in [0.5, 0.6) is 5.88 Å². The normalized spacial score (nSPS) is 12.0. The van der Waals surface area contributed by atoms with Crippen LogP contribution in [0, 0.1) is 0 Å². The van der Waals surface area contributed by atoms with Gasteiger partial charge in [-0.1, -0.05) is 6.07 Å². The average molecular weight is 398 g/mol. The van der Waals surface area contributed by atoms with Crippen molar-refractivity contribution in [1.82, 2.24) is 29.5 Å². The molecule has 7 heteroatoms. The lowest BCUT2D eigenvalue weighted by Gasteiger charge is -2.21. The minimum Gasteiger partial charge on any atom is -0.481 e. The third-order valence-corrected chi connectivity index (χ3v) is 5.20. The number of H-pyrrole nitrogens is 1. The van der Waals surface area contributed by atoms with Gasteiger partial charge < -0.3 is 14.3 Å². The molecule has 0 radical (unpaired) electrons. The van der Waals surface area contributed by atoms with Crippen molar-refractivity contribution in [3.05, 3.63) is 55.2 Å². The van der Waals surface area contributed by atoms with E-state index in [0.717, 1.165) is 44.6 Å². The molecule has 30 heavy (non-hydrogen) atoms. The van der Waals surface area contributed by atoms with Gasteiger partial charge in [-0.05, 0) is 44.5 Å². The van der Waals surface area contributed by atoms with Gasteiger partial charge in [0.1, 0.15) is 5.52 Å². The van der Waals surface area contributed by atoms with E-state index in [1.165, 1.54) is 0 Å². The maximum absolute atomic E-state index is 5.24. The average Bonchev–Trinajstić information content (AvgIpc) is 3.36. The summed E-state index contributed by atoms with van der Waals surface area (Å²) in [6.07, 6.45) is 7.33. The number of methoxy groups -OCH3 is 1. The minimum atomic E-state index is -0.0546. The van der Waals surface area contributed by atoms with Gasteiger partial charge in [-0.25, -0.2) is 19.9 Å². The van der Waals surface area contributed by atoms with Crippen molar-refractivity contribution in [3.63, 3.8) is 0 Å². The Kier molecular flexibility index (Phi) is 4.06. The molecule has 0 unspecified atom stereocenters. The Labute approximate surface area is 173 Å². The van der Waals surface area contributed by atoms with Gasteiger partial charge in [-0.2, -0.15) is 0 Å². The van der Waals surface area contributed by atoms with Gasteiger partial charge in [0.25, 0.3) is 0 Å². The van der Waals surface area contributed by atoms with Gasteiger partial charge in [0.15, 0.2) is 5.65 Å². The van der Waals surface area contributed by atoms with Gasteiger partial charge >= 0.3 is 0 Å². The first-order valence-corrected chi connectivity index (χ1v) is 9.76.